The third kappa shape index (κ3) is 4.13. The highest BCUT2D eigenvalue weighted by atomic mass is 16.6. The summed E-state index contributed by atoms with van der Waals surface area (Å²) in [6.45, 7) is 2.18. The largest absolute Gasteiger partial charge is 0.417 e. The summed E-state index contributed by atoms with van der Waals surface area (Å²) in [5.74, 6) is 0.533. The zero-order chi connectivity index (χ0) is 16.8. The predicted octanol–water partition coefficient (Wildman–Crippen LogP) is 5.79. The summed E-state index contributed by atoms with van der Waals surface area (Å²) in [7, 11) is 0. The molecule has 0 radical (unpaired) electrons. The van der Waals surface area contributed by atoms with E-state index in [0.717, 1.165) is 22.9 Å². The van der Waals surface area contributed by atoms with E-state index < -0.39 is 6.09 Å². The molecule has 3 aromatic carbocycles. The van der Waals surface area contributed by atoms with Crippen molar-refractivity contribution in [3.8, 4) is 5.75 Å². The van der Waals surface area contributed by atoms with E-state index in [9.17, 15) is 4.79 Å². The molecule has 0 aromatic heterocycles. The Labute approximate surface area is 142 Å². The van der Waals surface area contributed by atoms with E-state index >= 15 is 0 Å². The predicted molar refractivity (Wildman–Crippen MR) is 98.6 cm³/mol. The molecule has 0 saturated heterocycles. The molecule has 3 aromatic rings. The molecular weight excluding hydrogens is 298 g/mol. The second kappa shape index (κ2) is 7.64. The summed E-state index contributed by atoms with van der Waals surface area (Å²) in [4.78, 5) is 12.0. The van der Waals surface area contributed by atoms with Crippen LogP contribution >= 0.6 is 0 Å². The third-order valence-electron chi connectivity index (χ3n) is 3.95. The number of carbonyl (C=O) groups excluding carboxylic acids is 1. The lowest BCUT2D eigenvalue weighted by molar-refractivity contribution is 0.215. The lowest BCUT2D eigenvalue weighted by atomic mass is 10.1. The molecule has 0 aliphatic carbocycles. The molecular formula is C21H21NO2. The van der Waals surface area contributed by atoms with Gasteiger partial charge in [0.1, 0.15) is 5.75 Å². The van der Waals surface area contributed by atoms with Gasteiger partial charge in [-0.2, -0.15) is 0 Å². The van der Waals surface area contributed by atoms with Gasteiger partial charge in [-0.1, -0.05) is 55.8 Å². The average molecular weight is 319 g/mol. The molecule has 3 rings (SSSR count). The van der Waals surface area contributed by atoms with Gasteiger partial charge in [0.2, 0.25) is 0 Å². The monoisotopic (exact) mass is 319 g/mol. The van der Waals surface area contributed by atoms with Gasteiger partial charge in [0.15, 0.2) is 0 Å². The Morgan fingerprint density at radius 3 is 2.46 bits per heavy atom. The normalized spacial score (nSPS) is 10.5. The zero-order valence-electron chi connectivity index (χ0n) is 13.8. The molecule has 1 N–H and O–H groups in total. The van der Waals surface area contributed by atoms with Gasteiger partial charge in [0.25, 0.3) is 0 Å². The van der Waals surface area contributed by atoms with Gasteiger partial charge in [0.05, 0.1) is 0 Å². The second-order valence-corrected chi connectivity index (χ2v) is 5.82. The van der Waals surface area contributed by atoms with E-state index in [1.165, 1.54) is 18.4 Å². The van der Waals surface area contributed by atoms with Crippen LogP contribution in [0.15, 0.2) is 66.7 Å². The van der Waals surface area contributed by atoms with Gasteiger partial charge in [-0.25, -0.2) is 4.79 Å². The molecule has 0 fully saturated rings. The van der Waals surface area contributed by atoms with Crippen LogP contribution in [0.5, 0.6) is 5.75 Å². The fraction of sp³-hybridized carbons (Fsp3) is 0.190. The molecule has 0 spiro atoms. The Balaban J connectivity index is 1.61. The van der Waals surface area contributed by atoms with Gasteiger partial charge >= 0.3 is 6.09 Å². The van der Waals surface area contributed by atoms with Crippen LogP contribution in [0.2, 0.25) is 0 Å². The number of ether oxygens (including phenoxy) is 1. The Bertz CT molecular complexity index is 825. The summed E-state index contributed by atoms with van der Waals surface area (Å²) in [6.07, 6.45) is 2.94. The number of aryl methyl sites for hydroxylation is 1. The maximum Gasteiger partial charge on any atom is 0.417 e. The second-order valence-electron chi connectivity index (χ2n) is 5.82. The van der Waals surface area contributed by atoms with Crippen molar-refractivity contribution in [2.24, 2.45) is 0 Å². The number of hydrogen-bond donors (Lipinski definition) is 1. The first-order chi connectivity index (χ1) is 11.7. The number of benzene rings is 3. The highest BCUT2D eigenvalue weighted by Gasteiger charge is 2.06. The molecule has 0 aliphatic rings. The van der Waals surface area contributed by atoms with Crippen molar-refractivity contribution in [3.63, 3.8) is 0 Å². The standard InChI is InChI=1S/C21H21NO2/c1-2-3-6-16-9-12-19(13-10-16)22-21(23)24-20-14-11-17-7-4-5-8-18(17)15-20/h4-5,7-15H,2-3,6H2,1H3,(H,22,23). The van der Waals surface area contributed by atoms with Crippen LogP contribution in [0.25, 0.3) is 10.8 Å². The third-order valence-corrected chi connectivity index (χ3v) is 3.95. The van der Waals surface area contributed by atoms with Crippen LogP contribution in [-0.2, 0) is 6.42 Å². The van der Waals surface area contributed by atoms with E-state index in [1.807, 2.05) is 60.7 Å². The first kappa shape index (κ1) is 16.1. The minimum atomic E-state index is -0.480. The summed E-state index contributed by atoms with van der Waals surface area (Å²) in [5.41, 5.74) is 2.02. The Kier molecular flexibility index (Phi) is 5.12. The lowest BCUT2D eigenvalue weighted by Crippen LogP contribution is -2.16. The Hall–Kier alpha value is -2.81. The first-order valence-corrected chi connectivity index (χ1v) is 8.31. The molecule has 3 nitrogen and oxygen atoms in total. The number of nitrogens with one attached hydrogen (secondary N) is 1. The number of anilines is 1. The van der Waals surface area contributed by atoms with Gasteiger partial charge in [-0.15, -0.1) is 0 Å². The molecule has 0 atom stereocenters. The number of carbonyl (C=O) groups is 1. The topological polar surface area (TPSA) is 38.3 Å². The molecule has 122 valence electrons. The van der Waals surface area contributed by atoms with E-state index in [0.29, 0.717) is 5.75 Å². The van der Waals surface area contributed by atoms with E-state index in [4.69, 9.17) is 4.74 Å². The highest BCUT2D eigenvalue weighted by molar-refractivity contribution is 5.88. The smallest absolute Gasteiger partial charge is 0.410 e. The lowest BCUT2D eigenvalue weighted by Gasteiger charge is -2.08. The number of hydrogen-bond acceptors (Lipinski definition) is 2. The summed E-state index contributed by atoms with van der Waals surface area (Å²) in [5, 5.41) is 4.92. The highest BCUT2D eigenvalue weighted by Crippen LogP contribution is 2.21. The zero-order valence-corrected chi connectivity index (χ0v) is 13.8. The minimum Gasteiger partial charge on any atom is -0.410 e. The quantitative estimate of drug-likeness (QED) is 0.646. The number of unbranched alkanes of at least 4 members (excludes halogenated alkanes) is 1. The van der Waals surface area contributed by atoms with Crippen LogP contribution in [0.1, 0.15) is 25.3 Å². The number of fused-ring (bicyclic) bond motifs is 1. The SMILES string of the molecule is CCCCc1ccc(NC(=O)Oc2ccc3ccccc3c2)cc1. The maximum atomic E-state index is 12.0. The van der Waals surface area contributed by atoms with Crippen molar-refractivity contribution in [1.29, 1.82) is 0 Å². The van der Waals surface area contributed by atoms with Crippen molar-refractivity contribution in [3.05, 3.63) is 72.3 Å². The number of rotatable bonds is 5. The maximum absolute atomic E-state index is 12.0. The van der Waals surface area contributed by atoms with Crippen molar-refractivity contribution < 1.29 is 9.53 Å². The fourth-order valence-corrected chi connectivity index (χ4v) is 2.62. The van der Waals surface area contributed by atoms with E-state index in [2.05, 4.69) is 12.2 Å². The van der Waals surface area contributed by atoms with E-state index in [1.54, 1.807) is 6.07 Å². The fourth-order valence-electron chi connectivity index (χ4n) is 2.62. The Morgan fingerprint density at radius 2 is 1.71 bits per heavy atom. The Morgan fingerprint density at radius 1 is 0.958 bits per heavy atom. The van der Waals surface area contributed by atoms with E-state index in [-0.39, 0.29) is 0 Å². The summed E-state index contributed by atoms with van der Waals surface area (Å²) in [6, 6.07) is 21.5. The van der Waals surface area contributed by atoms with Crippen molar-refractivity contribution >= 4 is 22.6 Å². The molecule has 0 bridgehead atoms. The molecule has 3 heteroatoms. The molecule has 24 heavy (non-hydrogen) atoms. The average Bonchev–Trinajstić information content (AvgIpc) is 2.61. The molecule has 0 saturated carbocycles. The van der Waals surface area contributed by atoms with Crippen LogP contribution in [0, 0.1) is 0 Å². The van der Waals surface area contributed by atoms with Crippen LogP contribution < -0.4 is 10.1 Å². The van der Waals surface area contributed by atoms with Crippen molar-refractivity contribution in [2.75, 3.05) is 5.32 Å². The molecule has 0 unspecified atom stereocenters. The van der Waals surface area contributed by atoms with Crippen molar-refractivity contribution in [2.45, 2.75) is 26.2 Å². The van der Waals surface area contributed by atoms with Crippen molar-refractivity contribution in [1.82, 2.24) is 0 Å². The first-order valence-electron chi connectivity index (χ1n) is 8.31. The van der Waals surface area contributed by atoms with Gasteiger partial charge in [-0.05, 0) is 53.4 Å². The molecule has 1 amide bonds. The van der Waals surface area contributed by atoms with Gasteiger partial charge in [-0.3, -0.25) is 5.32 Å². The van der Waals surface area contributed by atoms with Gasteiger partial charge < -0.3 is 4.74 Å². The minimum absolute atomic E-state index is 0.480. The summed E-state index contributed by atoms with van der Waals surface area (Å²) >= 11 is 0. The molecule has 0 aliphatic heterocycles. The summed E-state index contributed by atoms with van der Waals surface area (Å²) < 4.78 is 5.37. The van der Waals surface area contributed by atoms with Crippen LogP contribution in [0.4, 0.5) is 10.5 Å². The number of amides is 1. The molecule has 0 heterocycles. The van der Waals surface area contributed by atoms with Crippen LogP contribution in [0.3, 0.4) is 0 Å². The van der Waals surface area contributed by atoms with Gasteiger partial charge in [0, 0.05) is 5.69 Å². The van der Waals surface area contributed by atoms with Crippen LogP contribution in [-0.4, -0.2) is 6.09 Å².